The molecule has 3 aromatic rings. The molecule has 31 heavy (non-hydrogen) atoms. The minimum Gasteiger partial charge on any atom is -0.317 e. The summed E-state index contributed by atoms with van der Waals surface area (Å²) in [7, 11) is -3.98. The number of anilines is 1. The van der Waals surface area contributed by atoms with Crippen LogP contribution in [0, 0.1) is 17.5 Å². The summed E-state index contributed by atoms with van der Waals surface area (Å²) < 4.78 is 67.5. The van der Waals surface area contributed by atoms with Crippen LogP contribution in [0.1, 0.15) is 33.7 Å². The normalized spacial score (nSPS) is 17.1. The number of benzene rings is 2. The van der Waals surface area contributed by atoms with Crippen LogP contribution in [0.4, 0.5) is 18.9 Å². The van der Waals surface area contributed by atoms with Crippen molar-refractivity contribution in [2.24, 2.45) is 0 Å². The standard InChI is InChI=1S/C19H15F3N4O3S2/c20-11-3-1-4-13(9-11)31(28,29)26-8-2-5-16(26)18-24-25-19(30-18)17(27)23-15-7-6-12(21)10-14(15)22/h1,3-4,6-7,9-10,16H,2,5,8H2,(H,23,27)/t16-/m0/s1. The van der Waals surface area contributed by atoms with Gasteiger partial charge in [-0.2, -0.15) is 4.31 Å². The van der Waals surface area contributed by atoms with Crippen LogP contribution >= 0.6 is 11.3 Å². The maximum atomic E-state index is 13.8. The molecular formula is C19H15F3N4O3S2. The number of halogens is 3. The van der Waals surface area contributed by atoms with Crippen molar-refractivity contribution in [3.8, 4) is 0 Å². The SMILES string of the molecule is O=C(Nc1ccc(F)cc1F)c1nnc([C@@H]2CCCN2S(=O)(=O)c2cccc(F)c2)s1. The molecule has 162 valence electrons. The first-order valence-corrected chi connectivity index (χ1v) is 11.4. The second-order valence-corrected chi connectivity index (χ2v) is 9.65. The minimum atomic E-state index is -3.98. The fraction of sp³-hybridized carbons (Fsp3) is 0.211. The highest BCUT2D eigenvalue weighted by Gasteiger charge is 2.38. The Hall–Kier alpha value is -2.83. The maximum Gasteiger partial charge on any atom is 0.286 e. The third kappa shape index (κ3) is 4.31. The van der Waals surface area contributed by atoms with Gasteiger partial charge in [0.1, 0.15) is 22.5 Å². The van der Waals surface area contributed by atoms with E-state index in [0.29, 0.717) is 23.9 Å². The number of rotatable bonds is 5. The lowest BCUT2D eigenvalue weighted by atomic mass is 10.2. The van der Waals surface area contributed by atoms with Crippen molar-refractivity contribution in [3.05, 3.63) is 69.9 Å². The van der Waals surface area contributed by atoms with Crippen molar-refractivity contribution < 1.29 is 26.4 Å². The molecule has 0 bridgehead atoms. The fourth-order valence-electron chi connectivity index (χ4n) is 3.27. The highest BCUT2D eigenvalue weighted by Crippen LogP contribution is 2.37. The van der Waals surface area contributed by atoms with Gasteiger partial charge in [-0.3, -0.25) is 4.79 Å². The van der Waals surface area contributed by atoms with Gasteiger partial charge in [-0.1, -0.05) is 17.4 Å². The second kappa shape index (κ2) is 8.36. The van der Waals surface area contributed by atoms with E-state index in [4.69, 9.17) is 0 Å². The van der Waals surface area contributed by atoms with E-state index in [1.807, 2.05) is 0 Å². The highest BCUT2D eigenvalue weighted by molar-refractivity contribution is 7.89. The zero-order valence-electron chi connectivity index (χ0n) is 15.8. The summed E-state index contributed by atoms with van der Waals surface area (Å²) in [5.41, 5.74) is -0.223. The van der Waals surface area contributed by atoms with Crippen molar-refractivity contribution >= 4 is 33.0 Å². The van der Waals surface area contributed by atoms with Gasteiger partial charge >= 0.3 is 0 Å². The smallest absolute Gasteiger partial charge is 0.286 e. The van der Waals surface area contributed by atoms with Gasteiger partial charge in [-0.15, -0.1) is 10.2 Å². The molecule has 1 atom stereocenters. The van der Waals surface area contributed by atoms with Crippen molar-refractivity contribution in [2.75, 3.05) is 11.9 Å². The molecule has 1 aliphatic heterocycles. The van der Waals surface area contributed by atoms with Crippen LogP contribution in [-0.4, -0.2) is 35.4 Å². The predicted molar refractivity (Wildman–Crippen MR) is 106 cm³/mol. The van der Waals surface area contributed by atoms with Crippen LogP contribution in [0.15, 0.2) is 47.4 Å². The van der Waals surface area contributed by atoms with Crippen LogP contribution in [0.3, 0.4) is 0 Å². The molecule has 0 aliphatic carbocycles. The van der Waals surface area contributed by atoms with E-state index >= 15 is 0 Å². The van der Waals surface area contributed by atoms with E-state index in [0.717, 1.165) is 35.6 Å². The molecule has 2 heterocycles. The highest BCUT2D eigenvalue weighted by atomic mass is 32.2. The monoisotopic (exact) mass is 468 g/mol. The average Bonchev–Trinajstić information content (AvgIpc) is 3.39. The largest absolute Gasteiger partial charge is 0.317 e. The lowest BCUT2D eigenvalue weighted by Gasteiger charge is -2.22. The summed E-state index contributed by atoms with van der Waals surface area (Å²) >= 11 is 0.874. The van der Waals surface area contributed by atoms with E-state index in [1.54, 1.807) is 0 Å². The third-order valence-corrected chi connectivity index (χ3v) is 7.63. The Morgan fingerprint density at radius 1 is 1.10 bits per heavy atom. The van der Waals surface area contributed by atoms with Crippen LogP contribution in [0.2, 0.25) is 0 Å². The molecule has 1 aliphatic rings. The van der Waals surface area contributed by atoms with Gasteiger partial charge in [0.05, 0.1) is 16.6 Å². The number of sulfonamides is 1. The number of nitrogens with zero attached hydrogens (tertiary/aromatic N) is 3. The van der Waals surface area contributed by atoms with Gasteiger partial charge in [0.2, 0.25) is 15.0 Å². The number of amides is 1. The summed E-state index contributed by atoms with van der Waals surface area (Å²) in [4.78, 5) is 12.2. The molecule has 1 fully saturated rings. The Balaban J connectivity index is 1.56. The quantitative estimate of drug-likeness (QED) is 0.616. The summed E-state index contributed by atoms with van der Waals surface area (Å²) in [6, 6.07) is 6.77. The topological polar surface area (TPSA) is 92.3 Å². The Morgan fingerprint density at radius 2 is 1.87 bits per heavy atom. The lowest BCUT2D eigenvalue weighted by molar-refractivity contribution is 0.102. The molecule has 0 saturated carbocycles. The number of hydrogen-bond donors (Lipinski definition) is 1. The molecule has 4 rings (SSSR count). The van der Waals surface area contributed by atoms with Gasteiger partial charge in [-0.05, 0) is 43.2 Å². The number of nitrogens with one attached hydrogen (secondary N) is 1. The first-order chi connectivity index (χ1) is 14.8. The van der Waals surface area contributed by atoms with Gasteiger partial charge in [-0.25, -0.2) is 21.6 Å². The summed E-state index contributed by atoms with van der Waals surface area (Å²) in [6.45, 7) is 0.214. The molecule has 1 aromatic heterocycles. The van der Waals surface area contributed by atoms with E-state index in [9.17, 15) is 26.4 Å². The zero-order chi connectivity index (χ0) is 22.2. The molecule has 1 saturated heterocycles. The van der Waals surface area contributed by atoms with Gasteiger partial charge in [0.25, 0.3) is 5.91 Å². The maximum absolute atomic E-state index is 13.8. The molecule has 7 nitrogen and oxygen atoms in total. The molecule has 1 amide bonds. The zero-order valence-corrected chi connectivity index (χ0v) is 17.4. The fourth-order valence-corrected chi connectivity index (χ4v) is 5.91. The Bertz CT molecular complexity index is 1250. The van der Waals surface area contributed by atoms with E-state index in [1.165, 1.54) is 16.4 Å². The Labute approximate surface area is 179 Å². The number of aromatic nitrogens is 2. The van der Waals surface area contributed by atoms with Crippen molar-refractivity contribution in [1.29, 1.82) is 0 Å². The van der Waals surface area contributed by atoms with Crippen LogP contribution in [0.5, 0.6) is 0 Å². The molecule has 0 spiro atoms. The first-order valence-electron chi connectivity index (χ1n) is 9.13. The van der Waals surface area contributed by atoms with Crippen molar-refractivity contribution in [3.63, 3.8) is 0 Å². The van der Waals surface area contributed by atoms with Gasteiger partial charge in [0, 0.05) is 12.6 Å². The number of carbonyl (C=O) groups is 1. The van der Waals surface area contributed by atoms with E-state index in [-0.39, 0.29) is 22.1 Å². The molecule has 2 aromatic carbocycles. The summed E-state index contributed by atoms with van der Waals surface area (Å²) in [5, 5.41) is 10.2. The number of hydrogen-bond acceptors (Lipinski definition) is 6. The van der Waals surface area contributed by atoms with Crippen LogP contribution in [-0.2, 0) is 10.0 Å². The average molecular weight is 468 g/mol. The van der Waals surface area contributed by atoms with Gasteiger partial charge < -0.3 is 5.32 Å². The van der Waals surface area contributed by atoms with Crippen LogP contribution in [0.25, 0.3) is 0 Å². The Morgan fingerprint density at radius 3 is 2.61 bits per heavy atom. The molecule has 1 N–H and O–H groups in total. The van der Waals surface area contributed by atoms with E-state index in [2.05, 4.69) is 15.5 Å². The predicted octanol–water partition coefficient (Wildman–Crippen LogP) is 3.73. The molecule has 0 unspecified atom stereocenters. The second-order valence-electron chi connectivity index (χ2n) is 6.75. The molecular weight excluding hydrogens is 453 g/mol. The third-order valence-electron chi connectivity index (χ3n) is 4.71. The van der Waals surface area contributed by atoms with Crippen molar-refractivity contribution in [1.82, 2.24) is 14.5 Å². The van der Waals surface area contributed by atoms with Gasteiger partial charge in [0.15, 0.2) is 0 Å². The summed E-state index contributed by atoms with van der Waals surface area (Å²) in [5.74, 6) is -3.15. The van der Waals surface area contributed by atoms with Crippen LogP contribution < -0.4 is 5.32 Å². The Kier molecular flexibility index (Phi) is 5.77. The summed E-state index contributed by atoms with van der Waals surface area (Å²) in [6.07, 6.45) is 1.01. The minimum absolute atomic E-state index is 0.103. The van der Waals surface area contributed by atoms with Crippen molar-refractivity contribution in [2.45, 2.75) is 23.8 Å². The molecule has 12 heteroatoms. The number of carbonyl (C=O) groups excluding carboxylic acids is 1. The first kappa shape index (κ1) is 21.4. The molecule has 0 radical (unpaired) electrons. The lowest BCUT2D eigenvalue weighted by Crippen LogP contribution is -2.30. The van der Waals surface area contributed by atoms with E-state index < -0.39 is 39.4 Å².